The lowest BCUT2D eigenvalue weighted by molar-refractivity contribution is -0.296. The van der Waals surface area contributed by atoms with Crippen molar-refractivity contribution in [3.8, 4) is 0 Å². The van der Waals surface area contributed by atoms with Crippen LogP contribution in [0.15, 0.2) is 0 Å². The summed E-state index contributed by atoms with van der Waals surface area (Å²) in [5.41, 5.74) is 0. The lowest BCUT2D eigenvalue weighted by atomic mass is 9.88. The molecule has 10 nitrogen and oxygen atoms in total. The summed E-state index contributed by atoms with van der Waals surface area (Å²) in [6, 6.07) is -1.21. The van der Waals surface area contributed by atoms with Crippen LogP contribution in [0.3, 0.4) is 0 Å². The van der Waals surface area contributed by atoms with Crippen molar-refractivity contribution < 1.29 is 44.6 Å². The van der Waals surface area contributed by atoms with Gasteiger partial charge in [0.05, 0.1) is 25.9 Å². The number of aliphatic hydroxyl groups excluding tert-OH is 4. The Morgan fingerprint density at radius 3 is 2.50 bits per heavy atom. The highest BCUT2D eigenvalue weighted by atomic mass is 16.7. The molecule has 0 aliphatic carbocycles. The summed E-state index contributed by atoms with van der Waals surface area (Å²) in [6.07, 6.45) is -7.09. The highest BCUT2D eigenvalue weighted by Crippen LogP contribution is 2.31. The maximum absolute atomic E-state index is 11.6. The number of carbonyl (C=O) groups excluding carboxylic acids is 2. The minimum absolute atomic E-state index is 0.563. The van der Waals surface area contributed by atoms with Crippen LogP contribution >= 0.6 is 0 Å². The van der Waals surface area contributed by atoms with Gasteiger partial charge < -0.3 is 40.3 Å². The Bertz CT molecular complexity index is 417. The van der Waals surface area contributed by atoms with Gasteiger partial charge in [-0.3, -0.25) is 4.79 Å². The van der Waals surface area contributed by atoms with Crippen LogP contribution in [0.4, 0.5) is 0 Å². The lowest BCUT2D eigenvalue weighted by Gasteiger charge is -2.45. The van der Waals surface area contributed by atoms with Gasteiger partial charge in [-0.05, 0) is 0 Å². The van der Waals surface area contributed by atoms with E-state index in [0.29, 0.717) is 0 Å². The minimum Gasteiger partial charge on any atom is -0.465 e. The minimum atomic E-state index is -2.55. The monoisotopic (exact) mass is 323 g/mol. The van der Waals surface area contributed by atoms with Gasteiger partial charge in [0.25, 0.3) is 5.79 Å². The summed E-state index contributed by atoms with van der Waals surface area (Å²) >= 11 is 0. The zero-order valence-corrected chi connectivity index (χ0v) is 12.2. The van der Waals surface area contributed by atoms with E-state index < -0.39 is 61.1 Å². The molecule has 0 spiro atoms. The van der Waals surface area contributed by atoms with Crippen molar-refractivity contribution in [2.45, 2.75) is 49.6 Å². The topological polar surface area (TPSA) is 166 Å². The zero-order chi connectivity index (χ0) is 17.1. The molecule has 0 bridgehead atoms. The number of aliphatic hydroxyl groups is 5. The quantitative estimate of drug-likeness (QED) is 0.278. The van der Waals surface area contributed by atoms with Crippen LogP contribution in [0.25, 0.3) is 0 Å². The van der Waals surface area contributed by atoms with Crippen molar-refractivity contribution in [1.29, 1.82) is 0 Å². The van der Waals surface area contributed by atoms with E-state index in [1.807, 2.05) is 0 Å². The molecule has 1 aliphatic rings. The second-order valence-electron chi connectivity index (χ2n) is 5.10. The first kappa shape index (κ1) is 18.7. The van der Waals surface area contributed by atoms with Gasteiger partial charge in [0.2, 0.25) is 5.91 Å². The molecule has 1 unspecified atom stereocenters. The summed E-state index contributed by atoms with van der Waals surface area (Å²) in [7, 11) is 0.990. The number of esters is 1. The van der Waals surface area contributed by atoms with Crippen LogP contribution in [-0.4, -0.2) is 87.4 Å². The third kappa shape index (κ3) is 3.91. The Morgan fingerprint density at radius 2 is 2.05 bits per heavy atom. The number of methoxy groups -OCH3 is 1. The third-order valence-electron chi connectivity index (χ3n) is 3.38. The van der Waals surface area contributed by atoms with Gasteiger partial charge >= 0.3 is 5.97 Å². The number of hydrogen-bond donors (Lipinski definition) is 6. The fraction of sp³-hybridized carbons (Fsp3) is 0.833. The lowest BCUT2D eigenvalue weighted by Crippen LogP contribution is -2.67. The molecule has 6 atom stereocenters. The van der Waals surface area contributed by atoms with Crippen molar-refractivity contribution in [3.05, 3.63) is 0 Å². The Labute approximate surface area is 126 Å². The predicted molar refractivity (Wildman–Crippen MR) is 69.2 cm³/mol. The molecule has 0 aromatic carbocycles. The van der Waals surface area contributed by atoms with Crippen molar-refractivity contribution in [3.63, 3.8) is 0 Å². The highest BCUT2D eigenvalue weighted by Gasteiger charge is 2.54. The van der Waals surface area contributed by atoms with Gasteiger partial charge in [-0.2, -0.15) is 0 Å². The summed E-state index contributed by atoms with van der Waals surface area (Å²) < 4.78 is 9.45. The van der Waals surface area contributed by atoms with E-state index in [9.17, 15) is 30.0 Å². The second-order valence-corrected chi connectivity index (χ2v) is 5.10. The summed E-state index contributed by atoms with van der Waals surface area (Å²) in [6.45, 7) is 0.320. The Balaban J connectivity index is 3.09. The molecular formula is C12H21NO9. The molecule has 6 N–H and O–H groups in total. The van der Waals surface area contributed by atoms with Crippen LogP contribution in [-0.2, 0) is 19.1 Å². The van der Waals surface area contributed by atoms with Gasteiger partial charge in [0.1, 0.15) is 18.3 Å². The Kier molecular flexibility index (Phi) is 6.23. The summed E-state index contributed by atoms with van der Waals surface area (Å²) in [5, 5.41) is 50.8. The van der Waals surface area contributed by atoms with Gasteiger partial charge in [0, 0.05) is 13.3 Å². The molecule has 1 fully saturated rings. The molecule has 22 heavy (non-hydrogen) atoms. The van der Waals surface area contributed by atoms with Crippen molar-refractivity contribution in [1.82, 2.24) is 5.32 Å². The van der Waals surface area contributed by atoms with Crippen molar-refractivity contribution >= 4 is 11.9 Å². The van der Waals surface area contributed by atoms with E-state index in [1.54, 1.807) is 0 Å². The first-order chi connectivity index (χ1) is 10.2. The van der Waals surface area contributed by atoms with Crippen LogP contribution < -0.4 is 5.32 Å². The normalized spacial score (nSPS) is 34.6. The Morgan fingerprint density at radius 1 is 1.45 bits per heavy atom. The van der Waals surface area contributed by atoms with E-state index in [2.05, 4.69) is 10.1 Å². The largest absolute Gasteiger partial charge is 0.465 e. The second kappa shape index (κ2) is 7.31. The predicted octanol–water partition coefficient (Wildman–Crippen LogP) is -3.78. The van der Waals surface area contributed by atoms with Gasteiger partial charge in [-0.1, -0.05) is 0 Å². The molecular weight excluding hydrogens is 302 g/mol. The molecule has 1 saturated heterocycles. The first-order valence-corrected chi connectivity index (χ1v) is 6.57. The summed E-state index contributed by atoms with van der Waals surface area (Å²) in [5.74, 6) is -4.32. The molecule has 0 aromatic rings. The van der Waals surface area contributed by atoms with Crippen LogP contribution in [0.2, 0.25) is 0 Å². The molecule has 1 aliphatic heterocycles. The van der Waals surface area contributed by atoms with Crippen LogP contribution in [0.5, 0.6) is 0 Å². The van der Waals surface area contributed by atoms with Crippen LogP contribution in [0, 0.1) is 0 Å². The molecule has 1 amide bonds. The smallest absolute Gasteiger partial charge is 0.366 e. The first-order valence-electron chi connectivity index (χ1n) is 6.57. The summed E-state index contributed by atoms with van der Waals surface area (Å²) in [4.78, 5) is 22.8. The molecule has 0 aromatic heterocycles. The fourth-order valence-electron chi connectivity index (χ4n) is 2.29. The van der Waals surface area contributed by atoms with Crippen molar-refractivity contribution in [2.24, 2.45) is 0 Å². The SMILES string of the molecule is COC(=O)C1(O)C[C@H](O)[C@@H](NC(C)=O)[C@H]([C@H](O)[C@H](O)CO)O1. The fourth-order valence-corrected chi connectivity index (χ4v) is 2.29. The van der Waals surface area contributed by atoms with Crippen LogP contribution in [0.1, 0.15) is 13.3 Å². The molecule has 0 radical (unpaired) electrons. The highest BCUT2D eigenvalue weighted by molar-refractivity contribution is 5.78. The number of carbonyl (C=O) groups is 2. The van der Waals surface area contributed by atoms with Gasteiger partial charge in [0.15, 0.2) is 0 Å². The van der Waals surface area contributed by atoms with E-state index in [4.69, 9.17) is 9.84 Å². The van der Waals surface area contributed by atoms with E-state index in [0.717, 1.165) is 14.0 Å². The van der Waals surface area contributed by atoms with E-state index in [1.165, 1.54) is 0 Å². The number of ether oxygens (including phenoxy) is 2. The van der Waals surface area contributed by atoms with E-state index in [-0.39, 0.29) is 0 Å². The van der Waals surface area contributed by atoms with Gasteiger partial charge in [-0.15, -0.1) is 0 Å². The molecule has 128 valence electrons. The molecule has 10 heteroatoms. The number of hydrogen-bond acceptors (Lipinski definition) is 9. The zero-order valence-electron chi connectivity index (χ0n) is 12.2. The van der Waals surface area contributed by atoms with E-state index >= 15 is 0 Å². The standard InChI is InChI=1S/C12H21NO9/c1-5(15)13-8-6(16)3-12(20,11(19)21-2)22-10(8)9(18)7(17)4-14/h6-10,14,16-18,20H,3-4H2,1-2H3,(H,13,15)/t6-,7+,8+,9+,10+,12?/m0/s1. The molecule has 1 heterocycles. The number of rotatable bonds is 5. The average Bonchev–Trinajstić information content (AvgIpc) is 2.46. The number of nitrogens with one attached hydrogen (secondary N) is 1. The maximum Gasteiger partial charge on any atom is 0.366 e. The van der Waals surface area contributed by atoms with Gasteiger partial charge in [-0.25, -0.2) is 4.79 Å². The molecule has 0 saturated carbocycles. The molecule has 1 rings (SSSR count). The third-order valence-corrected chi connectivity index (χ3v) is 3.38. The van der Waals surface area contributed by atoms with Crippen molar-refractivity contribution in [2.75, 3.05) is 13.7 Å². The Hall–Kier alpha value is -1.30. The average molecular weight is 323 g/mol. The number of amides is 1. The maximum atomic E-state index is 11.6.